The molecule has 0 aliphatic carbocycles. The van der Waals surface area contributed by atoms with E-state index in [0.29, 0.717) is 31.7 Å². The Bertz CT molecular complexity index is 1150. The van der Waals surface area contributed by atoms with E-state index < -0.39 is 5.72 Å². The summed E-state index contributed by atoms with van der Waals surface area (Å²) in [5.41, 5.74) is 3.44. The molecule has 1 aliphatic rings. The maximum atomic E-state index is 11.0. The quantitative estimate of drug-likeness (QED) is 0.188. The summed E-state index contributed by atoms with van der Waals surface area (Å²) in [4.78, 5) is 4.28. The molecule has 3 rings (SSSR count). The van der Waals surface area contributed by atoms with Crippen LogP contribution in [-0.4, -0.2) is 57.8 Å². The zero-order valence-electron chi connectivity index (χ0n) is 21.9. The van der Waals surface area contributed by atoms with Gasteiger partial charge in [0.05, 0.1) is 17.4 Å². The van der Waals surface area contributed by atoms with Crippen molar-refractivity contribution < 1.29 is 9.84 Å². The molecule has 2 N–H and O–H groups in total. The van der Waals surface area contributed by atoms with Crippen LogP contribution in [0.3, 0.4) is 0 Å². The van der Waals surface area contributed by atoms with Crippen molar-refractivity contribution in [2.45, 2.75) is 63.8 Å². The molecule has 1 aliphatic heterocycles. The van der Waals surface area contributed by atoms with Gasteiger partial charge in [0.25, 0.3) is 0 Å². The van der Waals surface area contributed by atoms with Crippen LogP contribution in [0.4, 0.5) is 0 Å². The predicted octanol–water partition coefficient (Wildman–Crippen LogP) is 4.64. The van der Waals surface area contributed by atoms with Crippen LogP contribution in [0.25, 0.3) is 5.69 Å². The number of nitrogens with zero attached hydrogens (tertiary/aromatic N) is 4. The fourth-order valence-corrected chi connectivity index (χ4v) is 5.26. The molecule has 0 saturated carbocycles. The van der Waals surface area contributed by atoms with Crippen molar-refractivity contribution in [1.82, 2.24) is 20.1 Å². The first-order chi connectivity index (χ1) is 17.3. The van der Waals surface area contributed by atoms with Gasteiger partial charge in [0.2, 0.25) is 0 Å². The number of nitrogens with one attached hydrogen (secondary N) is 1. The molecule has 1 aromatic heterocycles. The molecule has 0 saturated heterocycles. The number of ether oxygens (including phenoxy) is 1. The first kappa shape index (κ1) is 27.7. The lowest BCUT2D eigenvalue weighted by Crippen LogP contribution is -2.45. The molecule has 2 heterocycles. The normalized spacial score (nSPS) is 15.9. The SMILES string of the molecule is C#CCCC(C=NC)c1nnc(SCC(C)(O)NCCC2=CC=CCO2)n1-c1c(C)cc(C)cc1C. The summed E-state index contributed by atoms with van der Waals surface area (Å²) < 4.78 is 7.71. The number of aliphatic hydroxyl groups is 1. The van der Waals surface area contributed by atoms with Crippen LogP contribution in [0.5, 0.6) is 0 Å². The van der Waals surface area contributed by atoms with Gasteiger partial charge in [-0.25, -0.2) is 0 Å². The van der Waals surface area contributed by atoms with Gasteiger partial charge in [-0.1, -0.05) is 35.5 Å². The summed E-state index contributed by atoms with van der Waals surface area (Å²) in [7, 11) is 1.76. The van der Waals surface area contributed by atoms with Crippen molar-refractivity contribution in [2.75, 3.05) is 26.0 Å². The van der Waals surface area contributed by atoms with Gasteiger partial charge in [-0.3, -0.25) is 9.88 Å². The molecule has 36 heavy (non-hydrogen) atoms. The molecule has 0 amide bonds. The summed E-state index contributed by atoms with van der Waals surface area (Å²) in [5.74, 6) is 4.77. The molecule has 8 heteroatoms. The predicted molar refractivity (Wildman–Crippen MR) is 148 cm³/mol. The highest BCUT2D eigenvalue weighted by Gasteiger charge is 2.26. The van der Waals surface area contributed by atoms with E-state index >= 15 is 0 Å². The highest BCUT2D eigenvalue weighted by Crippen LogP contribution is 2.32. The fourth-order valence-electron chi connectivity index (χ4n) is 4.34. The van der Waals surface area contributed by atoms with Crippen LogP contribution in [0.15, 0.2) is 46.3 Å². The molecule has 0 bridgehead atoms. The summed E-state index contributed by atoms with van der Waals surface area (Å²) in [5, 5.41) is 24.1. The lowest BCUT2D eigenvalue weighted by Gasteiger charge is -2.25. The third-order valence-electron chi connectivity index (χ3n) is 5.92. The monoisotopic (exact) mass is 507 g/mol. The van der Waals surface area contributed by atoms with Crippen LogP contribution in [-0.2, 0) is 4.74 Å². The van der Waals surface area contributed by atoms with Gasteiger partial charge < -0.3 is 14.8 Å². The van der Waals surface area contributed by atoms with Crippen molar-refractivity contribution in [3.05, 3.63) is 58.6 Å². The Morgan fingerprint density at radius 1 is 1.33 bits per heavy atom. The lowest BCUT2D eigenvalue weighted by molar-refractivity contribution is 0.0480. The number of aliphatic imine (C=N–C) groups is 1. The molecular weight excluding hydrogens is 470 g/mol. The molecular formula is C28H37N5O2S. The summed E-state index contributed by atoms with van der Waals surface area (Å²) >= 11 is 1.47. The third-order valence-corrected chi connectivity index (χ3v) is 7.15. The number of thioether (sulfide) groups is 1. The molecule has 7 nitrogen and oxygen atoms in total. The molecule has 1 aromatic carbocycles. The highest BCUT2D eigenvalue weighted by molar-refractivity contribution is 7.99. The molecule has 2 atom stereocenters. The Kier molecular flexibility index (Phi) is 9.94. The van der Waals surface area contributed by atoms with Crippen LogP contribution in [0.2, 0.25) is 0 Å². The molecule has 0 radical (unpaired) electrons. The molecule has 192 valence electrons. The second-order valence-electron chi connectivity index (χ2n) is 9.29. The highest BCUT2D eigenvalue weighted by atomic mass is 32.2. The Morgan fingerprint density at radius 3 is 2.72 bits per heavy atom. The van der Waals surface area contributed by atoms with Crippen molar-refractivity contribution in [3.8, 4) is 18.0 Å². The number of aromatic nitrogens is 3. The van der Waals surface area contributed by atoms with Gasteiger partial charge in [-0.2, -0.15) is 0 Å². The van der Waals surface area contributed by atoms with Gasteiger partial charge in [0.1, 0.15) is 18.2 Å². The van der Waals surface area contributed by atoms with Gasteiger partial charge in [0, 0.05) is 38.4 Å². The largest absolute Gasteiger partial charge is 0.494 e. The smallest absolute Gasteiger partial charge is 0.196 e. The van der Waals surface area contributed by atoms with E-state index in [2.05, 4.69) is 63.9 Å². The number of hydrogen-bond donors (Lipinski definition) is 2. The number of benzene rings is 1. The van der Waals surface area contributed by atoms with Gasteiger partial charge in [-0.05, 0) is 57.4 Å². The number of aryl methyl sites for hydroxylation is 3. The Balaban J connectivity index is 1.86. The van der Waals surface area contributed by atoms with Crippen LogP contribution in [0.1, 0.15) is 54.6 Å². The van der Waals surface area contributed by atoms with E-state index in [4.69, 9.17) is 11.2 Å². The van der Waals surface area contributed by atoms with Gasteiger partial charge in [0.15, 0.2) is 5.16 Å². The third kappa shape index (κ3) is 7.33. The zero-order valence-corrected chi connectivity index (χ0v) is 22.7. The van der Waals surface area contributed by atoms with Gasteiger partial charge in [-0.15, -0.1) is 22.5 Å². The van der Waals surface area contributed by atoms with Crippen molar-refractivity contribution in [2.24, 2.45) is 4.99 Å². The first-order valence-electron chi connectivity index (χ1n) is 12.2. The Morgan fingerprint density at radius 2 is 2.08 bits per heavy atom. The number of rotatable bonds is 12. The summed E-state index contributed by atoms with van der Waals surface area (Å²) in [6, 6.07) is 4.33. The van der Waals surface area contributed by atoms with E-state index in [1.54, 1.807) is 14.0 Å². The maximum absolute atomic E-state index is 11.0. The minimum absolute atomic E-state index is 0.0653. The second kappa shape index (κ2) is 12.9. The van der Waals surface area contributed by atoms with E-state index in [0.717, 1.165) is 40.0 Å². The average molecular weight is 508 g/mol. The summed E-state index contributed by atoms with van der Waals surface area (Å²) in [6.07, 6.45) is 15.4. The van der Waals surface area contributed by atoms with Crippen molar-refractivity contribution >= 4 is 18.0 Å². The van der Waals surface area contributed by atoms with E-state index in [1.165, 1.54) is 17.3 Å². The zero-order chi connectivity index (χ0) is 26.1. The standard InChI is InChI=1S/C28H37N5O2S/c1-7-8-11-23(18-29-6)26-31-32-27(33(26)25-21(3)16-20(2)17-22(25)4)36-19-28(5,34)30-14-13-24-12-9-10-15-35-24/h1,9-10,12,16-18,23,30,34H,8,11,13-15,19H2,2-6H3. The Hall–Kier alpha value is -2.86. The van der Waals surface area contributed by atoms with Crippen molar-refractivity contribution in [3.63, 3.8) is 0 Å². The molecule has 0 spiro atoms. The molecule has 0 fully saturated rings. The summed E-state index contributed by atoms with van der Waals surface area (Å²) in [6.45, 7) is 9.28. The fraction of sp³-hybridized carbons (Fsp3) is 0.464. The second-order valence-corrected chi connectivity index (χ2v) is 10.2. The van der Waals surface area contributed by atoms with Gasteiger partial charge >= 0.3 is 0 Å². The minimum Gasteiger partial charge on any atom is -0.494 e. The maximum Gasteiger partial charge on any atom is 0.196 e. The number of hydrogen-bond acceptors (Lipinski definition) is 7. The van der Waals surface area contributed by atoms with Crippen LogP contribution >= 0.6 is 11.8 Å². The average Bonchev–Trinajstić information content (AvgIpc) is 3.24. The molecule has 2 aromatic rings. The van der Waals surface area contributed by atoms with E-state index in [1.807, 2.05) is 24.4 Å². The number of allylic oxidation sites excluding steroid dienone is 2. The first-order valence-corrected chi connectivity index (χ1v) is 13.2. The van der Waals surface area contributed by atoms with Crippen LogP contribution < -0.4 is 5.32 Å². The number of terminal acetylenes is 1. The van der Waals surface area contributed by atoms with E-state index in [9.17, 15) is 5.11 Å². The molecule has 2 unspecified atom stereocenters. The van der Waals surface area contributed by atoms with E-state index in [-0.39, 0.29) is 5.92 Å². The minimum atomic E-state index is -1.10. The Labute approximate surface area is 219 Å². The topological polar surface area (TPSA) is 84.6 Å². The van der Waals surface area contributed by atoms with Crippen molar-refractivity contribution in [1.29, 1.82) is 0 Å². The lowest BCUT2D eigenvalue weighted by atomic mass is 10.0. The van der Waals surface area contributed by atoms with Crippen LogP contribution in [0, 0.1) is 33.1 Å².